The van der Waals surface area contributed by atoms with Gasteiger partial charge in [0.2, 0.25) is 0 Å². The summed E-state index contributed by atoms with van der Waals surface area (Å²) in [5, 5.41) is 0. The lowest BCUT2D eigenvalue weighted by Gasteiger charge is -2.21. The maximum atomic E-state index is 2.24. The second-order valence-corrected chi connectivity index (χ2v) is 3.73. The molecule has 0 heterocycles. The Bertz CT molecular complexity index is 224. The summed E-state index contributed by atoms with van der Waals surface area (Å²) in [4.78, 5) is 4.39. The largest absolute Gasteiger partial charge is 0.378 e. The van der Waals surface area contributed by atoms with Gasteiger partial charge in [0.1, 0.15) is 0 Å². The van der Waals surface area contributed by atoms with Crippen LogP contribution in [0.4, 0.5) is 0 Å². The molecule has 0 aromatic heterocycles. The third-order valence-electron chi connectivity index (χ3n) is 2.32. The zero-order valence-corrected chi connectivity index (χ0v) is 8.63. The van der Waals surface area contributed by atoms with E-state index in [1.54, 1.807) is 0 Å². The topological polar surface area (TPSA) is 6.48 Å². The fourth-order valence-electron chi connectivity index (χ4n) is 1.67. The van der Waals surface area contributed by atoms with E-state index in [0.717, 1.165) is 0 Å². The molecule has 68 valence electrons. The Morgan fingerprint density at radius 3 is 2.00 bits per heavy atom. The molecule has 0 radical (unpaired) electrons. The van der Waals surface area contributed by atoms with Crippen LogP contribution >= 0.6 is 0 Å². The first kappa shape index (κ1) is 9.33. The summed E-state index contributed by atoms with van der Waals surface area (Å²) in [6.07, 6.45) is 4.44. The van der Waals surface area contributed by atoms with Crippen LogP contribution in [0.25, 0.3) is 0 Å². The van der Waals surface area contributed by atoms with Gasteiger partial charge in [0.25, 0.3) is 0 Å². The van der Waals surface area contributed by atoms with E-state index in [4.69, 9.17) is 0 Å². The minimum absolute atomic E-state index is 0.488. The molecule has 12 heavy (non-hydrogen) atoms. The van der Waals surface area contributed by atoms with Crippen LogP contribution in [0.2, 0.25) is 0 Å². The predicted molar refractivity (Wildman–Crippen MR) is 53.0 cm³/mol. The highest BCUT2D eigenvalue weighted by atomic mass is 15.1. The summed E-state index contributed by atoms with van der Waals surface area (Å²) < 4.78 is 0. The fraction of sp³-hybridized carbons (Fsp3) is 0.600. The van der Waals surface area contributed by atoms with Crippen molar-refractivity contribution in [2.45, 2.75) is 13.0 Å². The van der Waals surface area contributed by atoms with E-state index in [2.05, 4.69) is 57.1 Å². The Labute approximate surface area is 75.2 Å². The second-order valence-electron chi connectivity index (χ2n) is 3.73. The first-order valence-electron chi connectivity index (χ1n) is 4.26. The van der Waals surface area contributed by atoms with Crippen molar-refractivity contribution in [1.29, 1.82) is 0 Å². The van der Waals surface area contributed by atoms with E-state index in [1.165, 1.54) is 11.3 Å². The molecule has 1 aliphatic rings. The number of likely N-dealkylation sites (N-methyl/N-ethyl adjacent to an activating group) is 2. The van der Waals surface area contributed by atoms with Crippen LogP contribution in [0.1, 0.15) is 6.92 Å². The van der Waals surface area contributed by atoms with Crippen molar-refractivity contribution < 1.29 is 0 Å². The van der Waals surface area contributed by atoms with E-state index < -0.39 is 0 Å². The minimum atomic E-state index is 0.488. The van der Waals surface area contributed by atoms with Crippen molar-refractivity contribution in [2.75, 3.05) is 28.2 Å². The smallest absolute Gasteiger partial charge is 0.0509 e. The quantitative estimate of drug-likeness (QED) is 0.610. The van der Waals surface area contributed by atoms with Gasteiger partial charge in [0.05, 0.1) is 6.04 Å². The maximum absolute atomic E-state index is 2.24. The van der Waals surface area contributed by atoms with Crippen molar-refractivity contribution in [2.24, 2.45) is 0 Å². The van der Waals surface area contributed by atoms with Gasteiger partial charge in [-0.25, -0.2) is 0 Å². The predicted octanol–water partition coefficient (Wildman–Crippen LogP) is 1.32. The highest BCUT2D eigenvalue weighted by Crippen LogP contribution is 2.22. The van der Waals surface area contributed by atoms with Gasteiger partial charge < -0.3 is 4.90 Å². The molecule has 1 unspecified atom stereocenters. The van der Waals surface area contributed by atoms with Crippen molar-refractivity contribution in [1.82, 2.24) is 9.80 Å². The Balaban J connectivity index is 2.85. The number of nitrogens with zero attached hydrogens (tertiary/aromatic N) is 2. The van der Waals surface area contributed by atoms with Crippen LogP contribution in [-0.2, 0) is 0 Å². The van der Waals surface area contributed by atoms with E-state index in [-0.39, 0.29) is 0 Å². The highest BCUT2D eigenvalue weighted by Gasteiger charge is 2.18. The molecule has 0 aromatic rings. The summed E-state index contributed by atoms with van der Waals surface area (Å²) in [5.74, 6) is 0. The van der Waals surface area contributed by atoms with E-state index in [9.17, 15) is 0 Å². The zero-order valence-electron chi connectivity index (χ0n) is 8.63. The molecular formula is C10H18N2. The average Bonchev–Trinajstić information content (AvgIpc) is 2.30. The van der Waals surface area contributed by atoms with Gasteiger partial charge in [0, 0.05) is 19.8 Å². The van der Waals surface area contributed by atoms with Gasteiger partial charge >= 0.3 is 0 Å². The highest BCUT2D eigenvalue weighted by molar-refractivity contribution is 5.37. The summed E-state index contributed by atoms with van der Waals surface area (Å²) in [6, 6.07) is 0.488. The first-order valence-corrected chi connectivity index (χ1v) is 4.26. The van der Waals surface area contributed by atoms with Crippen LogP contribution in [0.15, 0.2) is 23.4 Å². The molecule has 2 heteroatoms. The van der Waals surface area contributed by atoms with Gasteiger partial charge in [-0.1, -0.05) is 6.08 Å². The molecule has 0 bridgehead atoms. The van der Waals surface area contributed by atoms with Crippen LogP contribution in [0, 0.1) is 0 Å². The van der Waals surface area contributed by atoms with E-state index in [0.29, 0.717) is 6.04 Å². The Morgan fingerprint density at radius 2 is 1.75 bits per heavy atom. The van der Waals surface area contributed by atoms with Crippen LogP contribution in [0.3, 0.4) is 0 Å². The molecule has 1 rings (SSSR count). The molecule has 0 fully saturated rings. The van der Waals surface area contributed by atoms with Crippen LogP contribution < -0.4 is 0 Å². The molecule has 0 saturated carbocycles. The molecule has 2 nitrogen and oxygen atoms in total. The molecule has 1 atom stereocenters. The molecule has 0 amide bonds. The van der Waals surface area contributed by atoms with Crippen molar-refractivity contribution in [3.63, 3.8) is 0 Å². The minimum Gasteiger partial charge on any atom is -0.378 e. The molecule has 0 N–H and O–H groups in total. The van der Waals surface area contributed by atoms with Gasteiger partial charge in [-0.05, 0) is 32.7 Å². The number of hydrogen-bond acceptors (Lipinski definition) is 2. The zero-order chi connectivity index (χ0) is 9.30. The Morgan fingerprint density at radius 1 is 1.17 bits per heavy atom. The van der Waals surface area contributed by atoms with Gasteiger partial charge in [0.15, 0.2) is 0 Å². The summed E-state index contributed by atoms with van der Waals surface area (Å²) in [6.45, 7) is 2.19. The molecule has 0 spiro atoms. The molecule has 0 aliphatic heterocycles. The third kappa shape index (κ3) is 1.53. The van der Waals surface area contributed by atoms with Crippen molar-refractivity contribution in [3.8, 4) is 0 Å². The summed E-state index contributed by atoms with van der Waals surface area (Å²) in [7, 11) is 8.39. The lowest BCUT2D eigenvalue weighted by Crippen LogP contribution is -2.26. The fourth-order valence-corrected chi connectivity index (χ4v) is 1.67. The van der Waals surface area contributed by atoms with Gasteiger partial charge in [-0.2, -0.15) is 0 Å². The number of hydrogen-bond donors (Lipinski definition) is 0. The number of allylic oxidation sites excluding steroid dienone is 1. The number of rotatable bonds is 2. The Kier molecular flexibility index (Phi) is 2.58. The van der Waals surface area contributed by atoms with E-state index >= 15 is 0 Å². The van der Waals surface area contributed by atoms with Crippen molar-refractivity contribution in [3.05, 3.63) is 23.4 Å². The standard InChI is InChI=1S/C10H18N2/c1-8-9(11(2)3)6-7-10(8)12(4)5/h6-7,9H,1-5H3. The Hall–Kier alpha value is -0.760. The first-order chi connectivity index (χ1) is 5.54. The lowest BCUT2D eigenvalue weighted by molar-refractivity contribution is 0.377. The lowest BCUT2D eigenvalue weighted by atomic mass is 10.1. The third-order valence-corrected chi connectivity index (χ3v) is 2.32. The molecular weight excluding hydrogens is 148 g/mol. The van der Waals surface area contributed by atoms with Crippen LogP contribution in [-0.4, -0.2) is 44.0 Å². The average molecular weight is 166 g/mol. The SMILES string of the molecule is CC1=C(N(C)C)C=CC1N(C)C. The second kappa shape index (κ2) is 3.31. The monoisotopic (exact) mass is 166 g/mol. The summed E-state index contributed by atoms with van der Waals surface area (Å²) >= 11 is 0. The van der Waals surface area contributed by atoms with Crippen LogP contribution in [0.5, 0.6) is 0 Å². The van der Waals surface area contributed by atoms with Gasteiger partial charge in [-0.15, -0.1) is 0 Å². The van der Waals surface area contributed by atoms with Crippen molar-refractivity contribution >= 4 is 0 Å². The maximum Gasteiger partial charge on any atom is 0.0509 e. The van der Waals surface area contributed by atoms with E-state index in [1.807, 2.05) is 0 Å². The normalized spacial score (nSPS) is 22.7. The summed E-state index contributed by atoms with van der Waals surface area (Å²) in [5.41, 5.74) is 2.78. The molecule has 1 aliphatic carbocycles. The molecule has 0 aromatic carbocycles. The van der Waals surface area contributed by atoms with Gasteiger partial charge in [-0.3, -0.25) is 4.90 Å². The molecule has 0 saturated heterocycles.